The van der Waals surface area contributed by atoms with E-state index in [0.717, 1.165) is 65.9 Å². The van der Waals surface area contributed by atoms with Gasteiger partial charge in [-0.25, -0.2) is 10.5 Å². The van der Waals surface area contributed by atoms with E-state index in [2.05, 4.69) is 33.3 Å². The molecule has 0 amide bonds. The number of anilines is 1. The molecule has 1 aromatic carbocycles. The van der Waals surface area contributed by atoms with Gasteiger partial charge in [-0.05, 0) is 48.2 Å². The lowest BCUT2D eigenvalue weighted by Crippen LogP contribution is -2.28. The molecule has 0 saturated carbocycles. The van der Waals surface area contributed by atoms with Crippen molar-refractivity contribution in [3.63, 3.8) is 0 Å². The molecule has 4 rings (SSSR count). The monoisotopic (exact) mass is 479 g/mol. The van der Waals surface area contributed by atoms with Gasteiger partial charge in [0, 0.05) is 54.1 Å². The maximum atomic E-state index is 12.9. The number of hydrogen-bond acceptors (Lipinski definition) is 5. The van der Waals surface area contributed by atoms with Crippen LogP contribution in [0.5, 0.6) is 0 Å². The summed E-state index contributed by atoms with van der Waals surface area (Å²) in [5, 5.41) is 1.66. The van der Waals surface area contributed by atoms with Gasteiger partial charge in [0.05, 0.1) is 25.5 Å². The van der Waals surface area contributed by atoms with E-state index in [4.69, 9.17) is 16.4 Å². The average molecular weight is 480 g/mol. The molecule has 0 atom stereocenters. The van der Waals surface area contributed by atoms with Gasteiger partial charge in [-0.15, -0.1) is 0 Å². The van der Waals surface area contributed by atoms with E-state index >= 15 is 0 Å². The van der Waals surface area contributed by atoms with E-state index in [1.165, 1.54) is 0 Å². The highest BCUT2D eigenvalue weighted by Gasteiger charge is 2.13. The fraction of sp³-hybridized carbons (Fsp3) is 0.308. The number of pyridine rings is 2. The Hall–Kier alpha value is -3.13. The number of benzene rings is 1. The minimum atomic E-state index is -0.0609. The van der Waals surface area contributed by atoms with Gasteiger partial charge < -0.3 is 19.3 Å². The van der Waals surface area contributed by atoms with Crippen molar-refractivity contribution < 1.29 is 4.84 Å². The van der Waals surface area contributed by atoms with Crippen LogP contribution >= 0.6 is 11.6 Å². The van der Waals surface area contributed by atoms with E-state index in [1.807, 2.05) is 48.9 Å². The van der Waals surface area contributed by atoms with Gasteiger partial charge in [0.1, 0.15) is 5.65 Å². The van der Waals surface area contributed by atoms with Gasteiger partial charge in [0.2, 0.25) is 0 Å². The molecule has 0 fully saturated rings. The van der Waals surface area contributed by atoms with Crippen LogP contribution < -0.4 is 15.9 Å². The van der Waals surface area contributed by atoms with Crippen LogP contribution in [-0.4, -0.2) is 41.3 Å². The first-order valence-corrected chi connectivity index (χ1v) is 11.9. The number of hydroxylamine groups is 1. The highest BCUT2D eigenvalue weighted by molar-refractivity contribution is 6.30. The van der Waals surface area contributed by atoms with Crippen molar-refractivity contribution in [3.05, 3.63) is 82.0 Å². The van der Waals surface area contributed by atoms with Crippen LogP contribution in [0.1, 0.15) is 25.3 Å². The van der Waals surface area contributed by atoms with Crippen molar-refractivity contribution in [2.24, 2.45) is 0 Å². The molecule has 0 aliphatic heterocycles. The number of nitrogens with one attached hydrogen (secondary N) is 2. The summed E-state index contributed by atoms with van der Waals surface area (Å²) in [4.78, 5) is 28.0. The van der Waals surface area contributed by atoms with Gasteiger partial charge in [0.25, 0.3) is 5.56 Å². The highest BCUT2D eigenvalue weighted by atomic mass is 35.5. The van der Waals surface area contributed by atoms with E-state index in [1.54, 1.807) is 17.7 Å². The van der Waals surface area contributed by atoms with Crippen LogP contribution in [0.3, 0.4) is 0 Å². The number of fused-ring (bicyclic) bond motifs is 1. The number of halogens is 1. The molecule has 34 heavy (non-hydrogen) atoms. The zero-order valence-corrected chi connectivity index (χ0v) is 20.3. The lowest BCUT2D eigenvalue weighted by molar-refractivity contribution is 0.0914. The predicted molar refractivity (Wildman–Crippen MR) is 138 cm³/mol. The van der Waals surface area contributed by atoms with E-state index in [-0.39, 0.29) is 5.56 Å². The maximum Gasteiger partial charge on any atom is 0.251 e. The summed E-state index contributed by atoms with van der Waals surface area (Å²) in [6.07, 6.45) is 7.66. The lowest BCUT2D eigenvalue weighted by Gasteiger charge is -2.24. The zero-order chi connectivity index (χ0) is 23.9. The number of aromatic amines is 1. The predicted octanol–water partition coefficient (Wildman–Crippen LogP) is 4.85. The average Bonchev–Trinajstić information content (AvgIpc) is 3.26. The molecule has 3 heterocycles. The van der Waals surface area contributed by atoms with Crippen molar-refractivity contribution in [1.29, 1.82) is 0 Å². The van der Waals surface area contributed by atoms with Crippen molar-refractivity contribution >= 4 is 28.3 Å². The molecule has 0 spiro atoms. The molecule has 7 nitrogen and oxygen atoms in total. The molecule has 0 unspecified atom stereocenters. The third-order valence-corrected chi connectivity index (χ3v) is 6.01. The minimum absolute atomic E-state index is 0.0609. The third-order valence-electron chi connectivity index (χ3n) is 5.78. The van der Waals surface area contributed by atoms with E-state index in [9.17, 15) is 4.79 Å². The minimum Gasteiger partial charge on any atom is -0.370 e. The molecule has 0 saturated heterocycles. The largest absolute Gasteiger partial charge is 0.370 e. The van der Waals surface area contributed by atoms with Crippen LogP contribution in [0, 0.1) is 0 Å². The summed E-state index contributed by atoms with van der Waals surface area (Å²) in [6, 6.07) is 13.4. The van der Waals surface area contributed by atoms with Crippen LogP contribution in [0.2, 0.25) is 5.02 Å². The Labute approximate surface area is 204 Å². The summed E-state index contributed by atoms with van der Waals surface area (Å²) in [6.45, 7) is 5.28. The topological polar surface area (TPSA) is 75.2 Å². The van der Waals surface area contributed by atoms with Crippen LogP contribution in [0.15, 0.2) is 65.8 Å². The second-order valence-electron chi connectivity index (χ2n) is 8.24. The molecular formula is C26H30ClN5O2. The summed E-state index contributed by atoms with van der Waals surface area (Å²) in [5.41, 5.74) is 7.53. The van der Waals surface area contributed by atoms with Crippen LogP contribution in [-0.2, 0) is 11.4 Å². The quantitative estimate of drug-likeness (QED) is 0.237. The first-order valence-electron chi connectivity index (χ1n) is 11.5. The Bertz CT molecular complexity index is 1300. The van der Waals surface area contributed by atoms with Gasteiger partial charge in [-0.1, -0.05) is 30.7 Å². The van der Waals surface area contributed by atoms with Crippen molar-refractivity contribution in [3.8, 4) is 11.1 Å². The second-order valence-corrected chi connectivity index (χ2v) is 8.68. The molecule has 0 aliphatic rings. The number of H-pyrrole nitrogens is 1. The van der Waals surface area contributed by atoms with Crippen molar-refractivity contribution in [1.82, 2.24) is 20.0 Å². The van der Waals surface area contributed by atoms with Crippen LogP contribution in [0.25, 0.3) is 22.2 Å². The molecule has 2 N–H and O–H groups in total. The summed E-state index contributed by atoms with van der Waals surface area (Å²) in [5.74, 6) is 0. The normalized spacial score (nSPS) is 11.3. The Morgan fingerprint density at radius 1 is 1.21 bits per heavy atom. The lowest BCUT2D eigenvalue weighted by atomic mass is 10.1. The van der Waals surface area contributed by atoms with Crippen LogP contribution in [0.4, 0.5) is 5.69 Å². The fourth-order valence-electron chi connectivity index (χ4n) is 4.13. The molecular weight excluding hydrogens is 450 g/mol. The molecule has 3 aromatic heterocycles. The molecule has 8 heteroatoms. The number of hydrogen-bond donors (Lipinski definition) is 2. The maximum absolute atomic E-state index is 12.9. The molecule has 0 aliphatic carbocycles. The van der Waals surface area contributed by atoms with Crippen molar-refractivity contribution in [2.75, 3.05) is 31.6 Å². The smallest absolute Gasteiger partial charge is 0.251 e. The highest BCUT2D eigenvalue weighted by Crippen LogP contribution is 2.30. The Balaban J connectivity index is 1.60. The zero-order valence-electron chi connectivity index (χ0n) is 19.6. The summed E-state index contributed by atoms with van der Waals surface area (Å²) < 4.78 is 1.69. The van der Waals surface area contributed by atoms with Gasteiger partial charge >= 0.3 is 0 Å². The standard InChI is InChI=1S/C26H30ClN5O2/c1-3-10-31(11-5-9-30-34-2)22-15-23-24(17-29-26(23)28-16-22)20-8-12-32(25(33)14-20)18-19-6-4-7-21(27)13-19/h4,6-8,12-17,30H,3,5,9-11,18H2,1-2H3,(H,28,29). The Morgan fingerprint density at radius 2 is 2.09 bits per heavy atom. The van der Waals surface area contributed by atoms with E-state index < -0.39 is 0 Å². The first kappa shape index (κ1) is 24.0. The Kier molecular flexibility index (Phi) is 8.00. The summed E-state index contributed by atoms with van der Waals surface area (Å²) >= 11 is 6.09. The molecule has 4 aromatic rings. The number of aromatic nitrogens is 3. The molecule has 0 radical (unpaired) electrons. The number of rotatable bonds is 11. The SMILES string of the molecule is CCCN(CCCNOC)c1cnc2[nH]cc(-c3ccn(Cc4cccc(Cl)c4)c(=O)c3)c2c1. The fourth-order valence-corrected chi connectivity index (χ4v) is 4.34. The first-order chi connectivity index (χ1) is 16.6. The molecule has 178 valence electrons. The summed E-state index contributed by atoms with van der Waals surface area (Å²) in [7, 11) is 1.63. The van der Waals surface area contributed by atoms with Gasteiger partial charge in [-0.2, -0.15) is 0 Å². The van der Waals surface area contributed by atoms with Gasteiger partial charge in [0.15, 0.2) is 0 Å². The second kappa shape index (κ2) is 11.3. The third kappa shape index (κ3) is 5.67. The van der Waals surface area contributed by atoms with Crippen molar-refractivity contribution in [2.45, 2.75) is 26.3 Å². The van der Waals surface area contributed by atoms with E-state index in [0.29, 0.717) is 11.6 Å². The molecule has 0 bridgehead atoms. The Morgan fingerprint density at radius 3 is 2.85 bits per heavy atom. The number of nitrogens with zero attached hydrogens (tertiary/aromatic N) is 3. The van der Waals surface area contributed by atoms with Gasteiger partial charge in [-0.3, -0.25) is 4.79 Å².